The van der Waals surface area contributed by atoms with Crippen molar-refractivity contribution < 1.29 is 19.1 Å². The summed E-state index contributed by atoms with van der Waals surface area (Å²) in [6, 6.07) is 5.82. The normalized spacial score (nSPS) is 10.0. The van der Waals surface area contributed by atoms with Crippen LogP contribution in [0.5, 0.6) is 5.75 Å². The number of carbonyl (C=O) groups is 2. The van der Waals surface area contributed by atoms with Crippen LogP contribution in [0, 0.1) is 13.8 Å². The van der Waals surface area contributed by atoms with Crippen LogP contribution in [0.15, 0.2) is 18.2 Å². The molecular formula is C15H21NO4. The van der Waals surface area contributed by atoms with Crippen molar-refractivity contribution in [1.29, 1.82) is 0 Å². The number of likely N-dealkylation sites (N-methyl/N-ethyl adjacent to an activating group) is 1. The van der Waals surface area contributed by atoms with Gasteiger partial charge in [0.15, 0.2) is 6.61 Å². The minimum absolute atomic E-state index is 0.0383. The second-order valence-corrected chi connectivity index (χ2v) is 4.65. The van der Waals surface area contributed by atoms with Crippen LogP contribution in [0.25, 0.3) is 0 Å². The van der Waals surface area contributed by atoms with Crippen LogP contribution in [-0.4, -0.2) is 44.1 Å². The first-order valence-electron chi connectivity index (χ1n) is 6.45. The molecule has 0 unspecified atom stereocenters. The van der Waals surface area contributed by atoms with Crippen LogP contribution < -0.4 is 4.74 Å². The molecular weight excluding hydrogens is 258 g/mol. The fraction of sp³-hybridized carbons (Fsp3) is 0.467. The molecule has 20 heavy (non-hydrogen) atoms. The highest BCUT2D eigenvalue weighted by molar-refractivity contribution is 5.78. The fourth-order valence-electron chi connectivity index (χ4n) is 1.76. The third-order valence-corrected chi connectivity index (χ3v) is 3.05. The fourth-order valence-corrected chi connectivity index (χ4v) is 1.76. The van der Waals surface area contributed by atoms with Gasteiger partial charge in [-0.3, -0.25) is 9.59 Å². The maximum absolute atomic E-state index is 11.9. The molecule has 1 aromatic carbocycles. The molecule has 0 saturated carbocycles. The van der Waals surface area contributed by atoms with Gasteiger partial charge in [-0.15, -0.1) is 0 Å². The molecule has 0 aromatic heterocycles. The van der Waals surface area contributed by atoms with E-state index in [0.717, 1.165) is 16.9 Å². The van der Waals surface area contributed by atoms with Crippen LogP contribution in [0.4, 0.5) is 0 Å². The van der Waals surface area contributed by atoms with E-state index in [4.69, 9.17) is 4.74 Å². The number of hydrogen-bond acceptors (Lipinski definition) is 4. The van der Waals surface area contributed by atoms with Gasteiger partial charge in [0.25, 0.3) is 5.91 Å². The van der Waals surface area contributed by atoms with E-state index in [9.17, 15) is 9.59 Å². The third-order valence-electron chi connectivity index (χ3n) is 3.05. The Bertz CT molecular complexity index is 465. The Morgan fingerprint density at radius 2 is 1.80 bits per heavy atom. The molecule has 0 aliphatic carbocycles. The number of amides is 1. The third kappa shape index (κ3) is 4.57. The van der Waals surface area contributed by atoms with Gasteiger partial charge in [0, 0.05) is 13.6 Å². The van der Waals surface area contributed by atoms with Crippen LogP contribution in [0.1, 0.15) is 17.5 Å². The summed E-state index contributed by atoms with van der Waals surface area (Å²) in [4.78, 5) is 24.4. The largest absolute Gasteiger partial charge is 0.483 e. The maximum atomic E-state index is 11.9. The summed E-state index contributed by atoms with van der Waals surface area (Å²) in [5.74, 6) is 0.235. The molecule has 0 bridgehead atoms. The Hall–Kier alpha value is -2.04. The minimum Gasteiger partial charge on any atom is -0.483 e. The lowest BCUT2D eigenvalue weighted by molar-refractivity contribution is -0.141. The van der Waals surface area contributed by atoms with E-state index in [1.807, 2.05) is 32.0 Å². The topological polar surface area (TPSA) is 55.8 Å². The minimum atomic E-state index is -0.333. The lowest BCUT2D eigenvalue weighted by atomic mass is 10.1. The Morgan fingerprint density at radius 3 is 2.35 bits per heavy atom. The van der Waals surface area contributed by atoms with E-state index in [0.29, 0.717) is 6.54 Å². The SMILES string of the molecule is COC(=O)CCN(C)C(=O)COc1c(C)cccc1C. The van der Waals surface area contributed by atoms with Gasteiger partial charge in [0.1, 0.15) is 5.75 Å². The summed E-state index contributed by atoms with van der Waals surface area (Å²) in [6.45, 7) is 4.16. The van der Waals surface area contributed by atoms with Gasteiger partial charge in [-0.05, 0) is 25.0 Å². The number of methoxy groups -OCH3 is 1. The lowest BCUT2D eigenvalue weighted by Gasteiger charge is -2.18. The monoisotopic (exact) mass is 279 g/mol. The molecule has 0 aliphatic rings. The predicted octanol–water partition coefficient (Wildman–Crippen LogP) is 1.70. The van der Waals surface area contributed by atoms with Gasteiger partial charge in [-0.2, -0.15) is 0 Å². The number of ether oxygens (including phenoxy) is 2. The highest BCUT2D eigenvalue weighted by Gasteiger charge is 2.13. The molecule has 0 N–H and O–H groups in total. The molecule has 0 saturated heterocycles. The summed E-state index contributed by atoms with van der Waals surface area (Å²) in [5.41, 5.74) is 1.99. The first-order valence-corrected chi connectivity index (χ1v) is 6.45. The highest BCUT2D eigenvalue weighted by Crippen LogP contribution is 2.22. The average Bonchev–Trinajstić information content (AvgIpc) is 2.43. The zero-order valence-electron chi connectivity index (χ0n) is 12.4. The summed E-state index contributed by atoms with van der Waals surface area (Å²) in [6.07, 6.45) is 0.183. The van der Waals surface area contributed by atoms with E-state index in [1.54, 1.807) is 7.05 Å². The lowest BCUT2D eigenvalue weighted by Crippen LogP contribution is -2.33. The number of nitrogens with zero attached hydrogens (tertiary/aromatic N) is 1. The molecule has 0 spiro atoms. The van der Waals surface area contributed by atoms with Gasteiger partial charge in [0.2, 0.25) is 0 Å². The van der Waals surface area contributed by atoms with Gasteiger partial charge >= 0.3 is 5.97 Å². The molecule has 1 amide bonds. The summed E-state index contributed by atoms with van der Waals surface area (Å²) >= 11 is 0. The number of para-hydroxylation sites is 1. The van der Waals surface area contributed by atoms with Crippen LogP contribution in [0.2, 0.25) is 0 Å². The van der Waals surface area contributed by atoms with Gasteiger partial charge < -0.3 is 14.4 Å². The highest BCUT2D eigenvalue weighted by atomic mass is 16.5. The number of hydrogen-bond donors (Lipinski definition) is 0. The summed E-state index contributed by atoms with van der Waals surface area (Å²) in [7, 11) is 2.97. The zero-order valence-corrected chi connectivity index (χ0v) is 12.4. The van der Waals surface area contributed by atoms with E-state index in [-0.39, 0.29) is 24.9 Å². The number of carbonyl (C=O) groups excluding carboxylic acids is 2. The Kier molecular flexibility index (Phi) is 6.03. The second kappa shape index (κ2) is 7.53. The predicted molar refractivity (Wildman–Crippen MR) is 75.7 cm³/mol. The zero-order chi connectivity index (χ0) is 15.1. The first-order chi connectivity index (χ1) is 9.45. The average molecular weight is 279 g/mol. The van der Waals surface area contributed by atoms with Crippen molar-refractivity contribution in [3.05, 3.63) is 29.3 Å². The molecule has 1 rings (SSSR count). The molecule has 5 nitrogen and oxygen atoms in total. The molecule has 0 radical (unpaired) electrons. The number of benzene rings is 1. The van der Waals surface area contributed by atoms with Crippen molar-refractivity contribution in [2.45, 2.75) is 20.3 Å². The second-order valence-electron chi connectivity index (χ2n) is 4.65. The molecule has 0 aliphatic heterocycles. The van der Waals surface area contributed by atoms with Crippen molar-refractivity contribution >= 4 is 11.9 Å². The standard InChI is InChI=1S/C15H21NO4/c1-11-6-5-7-12(2)15(11)20-10-13(17)16(3)9-8-14(18)19-4/h5-7H,8-10H2,1-4H3. The van der Waals surface area contributed by atoms with Gasteiger partial charge in [0.05, 0.1) is 13.5 Å². The number of esters is 1. The Balaban J connectivity index is 2.48. The molecule has 0 atom stereocenters. The van der Waals surface area contributed by atoms with Crippen molar-refractivity contribution in [2.24, 2.45) is 0 Å². The van der Waals surface area contributed by atoms with Crippen molar-refractivity contribution in [2.75, 3.05) is 27.3 Å². The van der Waals surface area contributed by atoms with E-state index in [1.165, 1.54) is 12.0 Å². The van der Waals surface area contributed by atoms with Crippen LogP contribution in [0.3, 0.4) is 0 Å². The van der Waals surface area contributed by atoms with Crippen molar-refractivity contribution in [1.82, 2.24) is 4.90 Å². The number of rotatable bonds is 6. The first kappa shape index (κ1) is 16.0. The number of aryl methyl sites for hydroxylation is 2. The smallest absolute Gasteiger partial charge is 0.307 e. The Morgan fingerprint density at radius 1 is 1.20 bits per heavy atom. The Labute approximate surface area is 119 Å². The van der Waals surface area contributed by atoms with E-state index < -0.39 is 0 Å². The molecule has 1 aromatic rings. The van der Waals surface area contributed by atoms with E-state index in [2.05, 4.69) is 4.74 Å². The maximum Gasteiger partial charge on any atom is 0.307 e. The van der Waals surface area contributed by atoms with E-state index >= 15 is 0 Å². The molecule has 110 valence electrons. The molecule has 0 heterocycles. The molecule has 0 fully saturated rings. The van der Waals surface area contributed by atoms with Crippen LogP contribution >= 0.6 is 0 Å². The quantitative estimate of drug-likeness (QED) is 0.744. The summed E-state index contributed by atoms with van der Waals surface area (Å²) < 4.78 is 10.1. The van der Waals surface area contributed by atoms with Crippen molar-refractivity contribution in [3.8, 4) is 5.75 Å². The molecule has 5 heteroatoms. The van der Waals surface area contributed by atoms with Crippen molar-refractivity contribution in [3.63, 3.8) is 0 Å². The van der Waals surface area contributed by atoms with Crippen LogP contribution in [-0.2, 0) is 14.3 Å². The van der Waals surface area contributed by atoms with Gasteiger partial charge in [-0.1, -0.05) is 18.2 Å². The summed E-state index contributed by atoms with van der Waals surface area (Å²) in [5, 5.41) is 0. The van der Waals surface area contributed by atoms with Gasteiger partial charge in [-0.25, -0.2) is 0 Å².